The predicted molar refractivity (Wildman–Crippen MR) is 122 cm³/mol. The van der Waals surface area contributed by atoms with Gasteiger partial charge in [0.1, 0.15) is 6.54 Å². The van der Waals surface area contributed by atoms with Gasteiger partial charge in [0, 0.05) is 25.3 Å². The van der Waals surface area contributed by atoms with Crippen molar-refractivity contribution in [1.29, 1.82) is 0 Å². The molecule has 1 fully saturated rings. The molecule has 2 heterocycles. The number of benzene rings is 2. The second kappa shape index (κ2) is 8.70. The number of urea groups is 1. The third-order valence-electron chi connectivity index (χ3n) is 5.54. The summed E-state index contributed by atoms with van der Waals surface area (Å²) in [6.45, 7) is 1.72. The summed E-state index contributed by atoms with van der Waals surface area (Å²) in [5, 5.41) is 5.51. The van der Waals surface area contributed by atoms with E-state index in [4.69, 9.17) is 0 Å². The van der Waals surface area contributed by atoms with Gasteiger partial charge in [-0.05, 0) is 29.8 Å². The molecule has 1 saturated heterocycles. The lowest BCUT2D eigenvalue weighted by atomic mass is 10.0. The number of nitrogens with one attached hydrogen (secondary N) is 2. The fraction of sp³-hybridized carbons (Fsp3) is 0.208. The topological polar surface area (TPSA) is 102 Å². The number of fused-ring (bicyclic) bond motifs is 1. The Kier molecular flexibility index (Phi) is 5.78. The Morgan fingerprint density at radius 1 is 0.939 bits per heavy atom. The molecule has 0 bridgehead atoms. The van der Waals surface area contributed by atoms with Crippen molar-refractivity contribution in [3.05, 3.63) is 71.9 Å². The zero-order valence-electron chi connectivity index (χ0n) is 18.5. The molecule has 0 aliphatic carbocycles. The maximum Gasteiger partial charge on any atom is 0.417 e. The molecular formula is C24H24N5O4+. The van der Waals surface area contributed by atoms with Crippen LogP contribution in [0.5, 0.6) is 0 Å². The van der Waals surface area contributed by atoms with Gasteiger partial charge in [-0.3, -0.25) is 14.4 Å². The number of amides is 5. The van der Waals surface area contributed by atoms with Crippen LogP contribution in [0, 0.1) is 5.92 Å². The average molecular weight is 446 g/mol. The van der Waals surface area contributed by atoms with E-state index in [2.05, 4.69) is 10.6 Å². The van der Waals surface area contributed by atoms with E-state index in [0.717, 1.165) is 10.5 Å². The first-order valence-corrected chi connectivity index (χ1v) is 10.4. The van der Waals surface area contributed by atoms with Gasteiger partial charge >= 0.3 is 6.03 Å². The molecular weight excluding hydrogens is 422 g/mol. The molecule has 0 aromatic heterocycles. The van der Waals surface area contributed by atoms with E-state index < -0.39 is 17.9 Å². The van der Waals surface area contributed by atoms with E-state index in [1.165, 1.54) is 18.9 Å². The molecule has 2 N–H and O–H groups in total. The normalized spacial score (nSPS) is 17.7. The zero-order chi connectivity index (χ0) is 23.7. The number of anilines is 2. The van der Waals surface area contributed by atoms with Gasteiger partial charge in [0.15, 0.2) is 11.6 Å². The van der Waals surface area contributed by atoms with Crippen molar-refractivity contribution in [1.82, 2.24) is 9.80 Å². The molecule has 168 valence electrons. The van der Waals surface area contributed by atoms with Gasteiger partial charge in [0.25, 0.3) is 17.6 Å². The molecule has 9 nitrogen and oxygen atoms in total. The van der Waals surface area contributed by atoms with Crippen LogP contribution in [0.2, 0.25) is 0 Å². The Bertz CT molecular complexity index is 1220. The van der Waals surface area contributed by atoms with Crippen molar-refractivity contribution in [2.45, 2.75) is 13.5 Å². The van der Waals surface area contributed by atoms with Crippen LogP contribution in [-0.4, -0.2) is 58.1 Å². The van der Waals surface area contributed by atoms with E-state index in [0.29, 0.717) is 23.8 Å². The zero-order valence-corrected chi connectivity index (χ0v) is 18.5. The molecule has 2 aliphatic heterocycles. The molecule has 2 aliphatic rings. The largest absolute Gasteiger partial charge is 0.417 e. The molecule has 33 heavy (non-hydrogen) atoms. The van der Waals surface area contributed by atoms with Gasteiger partial charge in [-0.15, -0.1) is 0 Å². The highest BCUT2D eigenvalue weighted by atomic mass is 16.2. The Morgan fingerprint density at radius 3 is 2.27 bits per heavy atom. The van der Waals surface area contributed by atoms with Crippen LogP contribution in [0.3, 0.4) is 0 Å². The van der Waals surface area contributed by atoms with Crippen molar-refractivity contribution < 1.29 is 23.8 Å². The third-order valence-corrected chi connectivity index (χ3v) is 5.54. The van der Waals surface area contributed by atoms with Crippen LogP contribution in [0.25, 0.3) is 0 Å². The van der Waals surface area contributed by atoms with E-state index in [1.54, 1.807) is 42.0 Å². The minimum Gasteiger partial charge on any atom is -0.326 e. The fourth-order valence-electron chi connectivity index (χ4n) is 4.01. The lowest BCUT2D eigenvalue weighted by Gasteiger charge is -2.27. The molecule has 0 radical (unpaired) electrons. The van der Waals surface area contributed by atoms with Gasteiger partial charge in [-0.1, -0.05) is 36.4 Å². The van der Waals surface area contributed by atoms with Crippen molar-refractivity contribution in [2.75, 3.05) is 24.7 Å². The number of carbonyl (C=O) groups excluding carboxylic acids is 4. The Labute approximate surface area is 191 Å². The van der Waals surface area contributed by atoms with Crippen LogP contribution in [0.15, 0.2) is 66.4 Å². The van der Waals surface area contributed by atoms with Gasteiger partial charge < -0.3 is 10.6 Å². The van der Waals surface area contributed by atoms with Crippen molar-refractivity contribution in [2.24, 2.45) is 5.92 Å². The summed E-state index contributed by atoms with van der Waals surface area (Å²) in [6, 6.07) is 15.8. The summed E-state index contributed by atoms with van der Waals surface area (Å²) in [6.07, 6.45) is 1.59. The van der Waals surface area contributed by atoms with Crippen LogP contribution >= 0.6 is 0 Å². The quantitative estimate of drug-likeness (QED) is 0.688. The fourth-order valence-corrected chi connectivity index (χ4v) is 4.01. The number of imide groups is 1. The molecule has 1 atom stereocenters. The summed E-state index contributed by atoms with van der Waals surface area (Å²) in [4.78, 5) is 52.6. The summed E-state index contributed by atoms with van der Waals surface area (Å²) in [5.74, 6) is -1.33. The second-order valence-electron chi connectivity index (χ2n) is 7.91. The molecule has 2 aromatic carbocycles. The molecule has 2 aromatic rings. The summed E-state index contributed by atoms with van der Waals surface area (Å²) < 4.78 is 1.70. The number of amidine groups is 1. The third kappa shape index (κ3) is 4.25. The molecule has 0 saturated carbocycles. The number of rotatable bonds is 5. The number of hydrogen-bond acceptors (Lipinski definition) is 4. The van der Waals surface area contributed by atoms with Gasteiger partial charge in [0.2, 0.25) is 5.91 Å². The Hall–Kier alpha value is -4.27. The molecule has 4 rings (SSSR count). The van der Waals surface area contributed by atoms with Crippen LogP contribution < -0.4 is 10.6 Å². The van der Waals surface area contributed by atoms with Crippen LogP contribution in [-0.2, 0) is 20.9 Å². The number of nitrogens with zero attached hydrogens (tertiary/aromatic N) is 3. The highest BCUT2D eigenvalue weighted by molar-refractivity contribution is 6.19. The lowest BCUT2D eigenvalue weighted by Crippen LogP contribution is -2.57. The highest BCUT2D eigenvalue weighted by Gasteiger charge is 2.51. The maximum atomic E-state index is 13.3. The molecule has 5 amide bonds. The van der Waals surface area contributed by atoms with E-state index in [-0.39, 0.29) is 17.5 Å². The number of hydrogen-bond donors (Lipinski definition) is 2. The highest BCUT2D eigenvalue weighted by Crippen LogP contribution is 2.28. The molecule has 9 heteroatoms. The van der Waals surface area contributed by atoms with Crippen molar-refractivity contribution >= 4 is 41.0 Å². The van der Waals surface area contributed by atoms with Gasteiger partial charge in [-0.2, -0.15) is 4.90 Å². The maximum absolute atomic E-state index is 13.3. The summed E-state index contributed by atoms with van der Waals surface area (Å²) in [7, 11) is 3.02. The Morgan fingerprint density at radius 2 is 1.61 bits per heavy atom. The van der Waals surface area contributed by atoms with Gasteiger partial charge in [0.05, 0.1) is 7.05 Å². The average Bonchev–Trinajstić information content (AvgIpc) is 3.16. The van der Waals surface area contributed by atoms with Crippen LogP contribution in [0.4, 0.5) is 16.2 Å². The van der Waals surface area contributed by atoms with Gasteiger partial charge in [-0.25, -0.2) is 14.3 Å². The van der Waals surface area contributed by atoms with E-state index >= 15 is 0 Å². The SMILES string of the molecule is CC(=O)Nc1cccc(NC(=O)C2=CC3C(=O)N(C)C(=O)N(C)C3=[N+]2Cc2ccccc2)c1. The first kappa shape index (κ1) is 21.9. The molecule has 1 unspecified atom stereocenters. The first-order valence-electron chi connectivity index (χ1n) is 10.4. The first-order chi connectivity index (χ1) is 15.8. The van der Waals surface area contributed by atoms with Crippen LogP contribution in [0.1, 0.15) is 12.5 Å². The number of carbonyl (C=O) groups is 4. The standard InChI is InChI=1S/C24H23N5O4/c1-15(30)25-17-10-7-11-18(12-17)26-21(31)20-13-19-22(27(2)24(33)28(3)23(19)32)29(20)14-16-8-5-4-6-9-16/h4-13,19H,14H2,1-3H3,(H-,25,26,30,31)/p+1. The Balaban J connectivity index is 1.70. The van der Waals surface area contributed by atoms with E-state index in [9.17, 15) is 19.2 Å². The smallest absolute Gasteiger partial charge is 0.326 e. The minimum atomic E-state index is -0.743. The minimum absolute atomic E-state index is 0.221. The van der Waals surface area contributed by atoms with Crippen molar-refractivity contribution in [3.8, 4) is 0 Å². The van der Waals surface area contributed by atoms with Crippen molar-refractivity contribution in [3.63, 3.8) is 0 Å². The predicted octanol–water partition coefficient (Wildman–Crippen LogP) is 2.23. The summed E-state index contributed by atoms with van der Waals surface area (Å²) in [5.41, 5.74) is 2.22. The van der Waals surface area contributed by atoms with E-state index in [1.807, 2.05) is 30.3 Å². The summed E-state index contributed by atoms with van der Waals surface area (Å²) >= 11 is 0. The second-order valence-corrected chi connectivity index (χ2v) is 7.91. The molecule has 0 spiro atoms. The lowest BCUT2D eigenvalue weighted by molar-refractivity contribution is -0.489. The monoisotopic (exact) mass is 446 g/mol.